The number of carbonyl (C=O) groups is 2. The zero-order valence-corrected chi connectivity index (χ0v) is 16.8. The highest BCUT2D eigenvalue weighted by atomic mass is 35.5. The highest BCUT2D eigenvalue weighted by molar-refractivity contribution is 6.32. The summed E-state index contributed by atoms with van der Waals surface area (Å²) < 4.78 is 5.72. The van der Waals surface area contributed by atoms with Gasteiger partial charge in [0, 0.05) is 27.6 Å². The Hall–Kier alpha value is -3.63. The molecule has 0 atom stereocenters. The summed E-state index contributed by atoms with van der Waals surface area (Å²) in [6.45, 7) is 1.76. The van der Waals surface area contributed by atoms with Crippen molar-refractivity contribution in [2.75, 3.05) is 0 Å². The Morgan fingerprint density at radius 3 is 2.43 bits per heavy atom. The van der Waals surface area contributed by atoms with E-state index >= 15 is 0 Å². The monoisotopic (exact) mass is 416 g/mol. The van der Waals surface area contributed by atoms with Gasteiger partial charge in [-0.25, -0.2) is 0 Å². The summed E-state index contributed by atoms with van der Waals surface area (Å²) in [7, 11) is 0. The number of aryl methyl sites for hydroxylation is 1. The first kappa shape index (κ1) is 19.7. The van der Waals surface area contributed by atoms with E-state index in [1.807, 2.05) is 12.1 Å². The lowest BCUT2D eigenvalue weighted by Crippen LogP contribution is -2.00. The highest BCUT2D eigenvalue weighted by Crippen LogP contribution is 2.33. The fraction of sp³-hybridized carbons (Fsp3) is 0.0400. The van der Waals surface area contributed by atoms with Crippen LogP contribution in [0.4, 0.5) is 0 Å². The summed E-state index contributed by atoms with van der Waals surface area (Å²) in [5.41, 5.74) is 2.28. The van der Waals surface area contributed by atoms with E-state index in [1.54, 1.807) is 61.5 Å². The molecule has 4 aromatic rings. The van der Waals surface area contributed by atoms with E-state index in [-0.39, 0.29) is 28.6 Å². The number of ketones is 2. The van der Waals surface area contributed by atoms with E-state index in [0.29, 0.717) is 32.7 Å². The van der Waals surface area contributed by atoms with Crippen LogP contribution in [0.25, 0.3) is 17.0 Å². The number of carbonyl (C=O) groups excluding carboxylic acids is 2. The summed E-state index contributed by atoms with van der Waals surface area (Å²) in [5.74, 6) is -0.670. The van der Waals surface area contributed by atoms with Crippen LogP contribution in [0.5, 0.6) is 5.75 Å². The number of benzene rings is 3. The van der Waals surface area contributed by atoms with Crippen molar-refractivity contribution in [3.05, 3.63) is 106 Å². The predicted octanol–water partition coefficient (Wildman–Crippen LogP) is 6.23. The lowest BCUT2D eigenvalue weighted by molar-refractivity contribution is 0.101. The summed E-state index contributed by atoms with van der Waals surface area (Å²) in [6.07, 6.45) is 2.95. The van der Waals surface area contributed by atoms with Crippen LogP contribution in [0.2, 0.25) is 5.02 Å². The molecule has 1 heterocycles. The molecule has 0 amide bonds. The van der Waals surface area contributed by atoms with Crippen LogP contribution in [0.15, 0.2) is 77.2 Å². The maximum absolute atomic E-state index is 12.8. The van der Waals surface area contributed by atoms with E-state index in [1.165, 1.54) is 12.1 Å². The average molecular weight is 417 g/mol. The van der Waals surface area contributed by atoms with Crippen LogP contribution in [0, 0.1) is 6.92 Å². The number of phenols is 1. The van der Waals surface area contributed by atoms with Crippen LogP contribution >= 0.6 is 11.6 Å². The minimum atomic E-state index is -0.383. The number of furan rings is 1. The molecule has 30 heavy (non-hydrogen) atoms. The first-order chi connectivity index (χ1) is 14.5. The Morgan fingerprint density at radius 2 is 1.70 bits per heavy atom. The molecule has 0 saturated carbocycles. The van der Waals surface area contributed by atoms with Crippen LogP contribution in [0.1, 0.15) is 37.6 Å². The standard InChI is InChI=1S/C25H17ClO4/c1-15-18-13-19(21(27)12-11-16-7-5-6-10-20(16)26)22(28)14-23(18)30-25(15)24(29)17-8-3-2-4-9-17/h2-14,28H,1H3/b12-11+. The number of hydrogen-bond acceptors (Lipinski definition) is 4. The third kappa shape index (κ3) is 3.65. The molecule has 4 nitrogen and oxygen atoms in total. The van der Waals surface area contributed by atoms with Gasteiger partial charge in [-0.3, -0.25) is 9.59 Å². The van der Waals surface area contributed by atoms with Crippen molar-refractivity contribution in [3.63, 3.8) is 0 Å². The van der Waals surface area contributed by atoms with Crippen molar-refractivity contribution in [1.29, 1.82) is 0 Å². The molecule has 0 saturated heterocycles. The van der Waals surface area contributed by atoms with E-state index in [2.05, 4.69) is 0 Å². The van der Waals surface area contributed by atoms with Crippen molar-refractivity contribution < 1.29 is 19.1 Å². The third-order valence-corrected chi connectivity index (χ3v) is 5.23. The summed E-state index contributed by atoms with van der Waals surface area (Å²) in [6, 6.07) is 18.8. The zero-order valence-electron chi connectivity index (χ0n) is 16.1. The molecule has 1 N–H and O–H groups in total. The fourth-order valence-corrected chi connectivity index (χ4v) is 3.45. The Morgan fingerprint density at radius 1 is 1.00 bits per heavy atom. The van der Waals surface area contributed by atoms with Crippen molar-refractivity contribution in [3.8, 4) is 5.75 Å². The van der Waals surface area contributed by atoms with Gasteiger partial charge in [0.25, 0.3) is 0 Å². The molecule has 0 aliphatic rings. The number of phenolic OH excluding ortho intramolecular Hbond substituents is 1. The maximum atomic E-state index is 12.8. The third-order valence-electron chi connectivity index (χ3n) is 4.88. The molecule has 148 valence electrons. The van der Waals surface area contributed by atoms with Gasteiger partial charge in [0.15, 0.2) is 11.5 Å². The summed E-state index contributed by atoms with van der Waals surface area (Å²) in [4.78, 5) is 25.5. The zero-order chi connectivity index (χ0) is 21.3. The second kappa shape index (κ2) is 8.01. The van der Waals surface area contributed by atoms with Gasteiger partial charge in [0.2, 0.25) is 5.78 Å². The normalized spacial score (nSPS) is 11.3. The van der Waals surface area contributed by atoms with Gasteiger partial charge in [0.05, 0.1) is 5.56 Å². The Balaban J connectivity index is 1.71. The smallest absolute Gasteiger partial charge is 0.228 e. The summed E-state index contributed by atoms with van der Waals surface area (Å²) >= 11 is 6.11. The molecule has 0 unspecified atom stereocenters. The quantitative estimate of drug-likeness (QED) is 0.309. The number of hydrogen-bond donors (Lipinski definition) is 1. The molecule has 0 radical (unpaired) electrons. The molecular formula is C25H17ClO4. The van der Waals surface area contributed by atoms with Gasteiger partial charge in [-0.05, 0) is 36.8 Å². The minimum Gasteiger partial charge on any atom is -0.507 e. The Kier molecular flexibility index (Phi) is 5.25. The fourth-order valence-electron chi connectivity index (χ4n) is 3.26. The summed E-state index contributed by atoms with van der Waals surface area (Å²) in [5, 5.41) is 11.5. The van der Waals surface area contributed by atoms with Crippen molar-refractivity contribution in [1.82, 2.24) is 0 Å². The van der Waals surface area contributed by atoms with Crippen LogP contribution in [0.3, 0.4) is 0 Å². The average Bonchev–Trinajstić information content (AvgIpc) is 3.07. The van der Waals surface area contributed by atoms with Crippen molar-refractivity contribution >= 4 is 40.2 Å². The topological polar surface area (TPSA) is 67.5 Å². The van der Waals surface area contributed by atoms with Gasteiger partial charge < -0.3 is 9.52 Å². The largest absolute Gasteiger partial charge is 0.507 e. The highest BCUT2D eigenvalue weighted by Gasteiger charge is 2.21. The van der Waals surface area contributed by atoms with E-state index < -0.39 is 0 Å². The SMILES string of the molecule is Cc1c(C(=O)c2ccccc2)oc2cc(O)c(C(=O)/C=C/c3ccccc3Cl)cc12. The number of halogens is 1. The van der Waals surface area contributed by atoms with Crippen LogP contribution < -0.4 is 0 Å². The van der Waals surface area contributed by atoms with Crippen molar-refractivity contribution in [2.45, 2.75) is 6.92 Å². The molecule has 0 fully saturated rings. The molecule has 5 heteroatoms. The molecule has 0 bridgehead atoms. The predicted molar refractivity (Wildman–Crippen MR) is 117 cm³/mol. The van der Waals surface area contributed by atoms with Gasteiger partial charge in [-0.15, -0.1) is 0 Å². The number of aromatic hydroxyl groups is 1. The molecule has 0 aliphatic heterocycles. The van der Waals surface area contributed by atoms with E-state index in [4.69, 9.17) is 16.0 Å². The first-order valence-electron chi connectivity index (χ1n) is 9.28. The molecule has 0 spiro atoms. The molecule has 4 rings (SSSR count). The van der Waals surface area contributed by atoms with E-state index in [0.717, 1.165) is 0 Å². The Labute approximate surface area is 178 Å². The lowest BCUT2D eigenvalue weighted by Gasteiger charge is -2.02. The van der Waals surface area contributed by atoms with Gasteiger partial charge in [-0.2, -0.15) is 0 Å². The van der Waals surface area contributed by atoms with Crippen LogP contribution in [-0.4, -0.2) is 16.7 Å². The lowest BCUT2D eigenvalue weighted by atomic mass is 10.0. The second-order valence-electron chi connectivity index (χ2n) is 6.84. The van der Waals surface area contributed by atoms with Crippen molar-refractivity contribution in [2.24, 2.45) is 0 Å². The molecular weight excluding hydrogens is 400 g/mol. The van der Waals surface area contributed by atoms with Gasteiger partial charge in [-0.1, -0.05) is 60.1 Å². The van der Waals surface area contributed by atoms with Gasteiger partial charge in [0.1, 0.15) is 11.3 Å². The van der Waals surface area contributed by atoms with E-state index in [9.17, 15) is 14.7 Å². The maximum Gasteiger partial charge on any atom is 0.228 e. The number of allylic oxidation sites excluding steroid dienone is 1. The number of fused-ring (bicyclic) bond motifs is 1. The molecule has 1 aromatic heterocycles. The van der Waals surface area contributed by atoms with Gasteiger partial charge >= 0.3 is 0 Å². The van der Waals surface area contributed by atoms with Crippen LogP contribution in [-0.2, 0) is 0 Å². The molecule has 3 aromatic carbocycles. The minimum absolute atomic E-state index is 0.119. The Bertz CT molecular complexity index is 1300. The second-order valence-corrected chi connectivity index (χ2v) is 7.24. The molecule has 0 aliphatic carbocycles. The first-order valence-corrected chi connectivity index (χ1v) is 9.66. The number of rotatable bonds is 5.